The Balaban J connectivity index is 1.68. The van der Waals surface area contributed by atoms with Gasteiger partial charge in [-0.3, -0.25) is 4.90 Å². The second-order valence-corrected chi connectivity index (χ2v) is 8.57. The van der Waals surface area contributed by atoms with Gasteiger partial charge in [-0.2, -0.15) is 5.10 Å². The molecule has 0 spiro atoms. The number of nitrogens with zero attached hydrogens (tertiary/aromatic N) is 3. The van der Waals surface area contributed by atoms with Crippen LogP contribution in [0.15, 0.2) is 54.6 Å². The quantitative estimate of drug-likeness (QED) is 0.494. The van der Waals surface area contributed by atoms with Gasteiger partial charge in [0.1, 0.15) is 11.5 Å². The van der Waals surface area contributed by atoms with Crippen molar-refractivity contribution in [3.8, 4) is 23.1 Å². The largest absolute Gasteiger partial charge is 0.497 e. The lowest BCUT2D eigenvalue weighted by Gasteiger charge is -2.26. The first-order valence-electron chi connectivity index (χ1n) is 11.5. The fraction of sp³-hybridized carbons (Fsp3) is 0.423. The predicted octanol–water partition coefficient (Wildman–Crippen LogP) is 4.34. The summed E-state index contributed by atoms with van der Waals surface area (Å²) in [6.45, 7) is 6.55. The SMILES string of the molecule is COc1ccc(Oc2c(CN(C[C@H]3CCCO3)C[C@H](C)O)c(C)nn2-c2ccccc2)cc1. The van der Waals surface area contributed by atoms with Gasteiger partial charge in [-0.25, -0.2) is 4.68 Å². The van der Waals surface area contributed by atoms with Crippen molar-refractivity contribution in [2.45, 2.75) is 45.4 Å². The van der Waals surface area contributed by atoms with Crippen molar-refractivity contribution >= 4 is 0 Å². The Morgan fingerprint density at radius 3 is 2.52 bits per heavy atom. The molecule has 7 heteroatoms. The second-order valence-electron chi connectivity index (χ2n) is 8.57. The highest BCUT2D eigenvalue weighted by atomic mass is 16.5. The molecule has 0 saturated carbocycles. The first-order chi connectivity index (χ1) is 16.0. The predicted molar refractivity (Wildman–Crippen MR) is 127 cm³/mol. The zero-order valence-corrected chi connectivity index (χ0v) is 19.6. The number of ether oxygens (including phenoxy) is 3. The molecule has 1 saturated heterocycles. The number of aryl methyl sites for hydroxylation is 1. The summed E-state index contributed by atoms with van der Waals surface area (Å²) in [5.74, 6) is 2.15. The molecule has 0 bridgehead atoms. The molecule has 0 radical (unpaired) electrons. The van der Waals surface area contributed by atoms with Crippen LogP contribution in [-0.4, -0.2) is 58.8 Å². The van der Waals surface area contributed by atoms with E-state index in [-0.39, 0.29) is 6.10 Å². The molecule has 4 rings (SSSR count). The molecule has 7 nitrogen and oxygen atoms in total. The average molecular weight is 452 g/mol. The normalized spacial score (nSPS) is 16.8. The standard InChI is InChI=1S/C26H33N3O4/c1-19(30)16-28(17-24-10-7-15-32-24)18-25-20(2)27-29(21-8-5-4-6-9-21)26(25)33-23-13-11-22(31-3)12-14-23/h4-6,8-9,11-14,19,24,30H,7,10,15-18H2,1-3H3/t19-,24+/m0/s1. The van der Waals surface area contributed by atoms with Gasteiger partial charge in [0.2, 0.25) is 5.88 Å². The molecule has 33 heavy (non-hydrogen) atoms. The topological polar surface area (TPSA) is 69.0 Å². The van der Waals surface area contributed by atoms with Crippen LogP contribution in [0.25, 0.3) is 5.69 Å². The third-order valence-electron chi connectivity index (χ3n) is 5.80. The second kappa shape index (κ2) is 10.8. The minimum Gasteiger partial charge on any atom is -0.497 e. The van der Waals surface area contributed by atoms with E-state index >= 15 is 0 Å². The monoisotopic (exact) mass is 451 g/mol. The van der Waals surface area contributed by atoms with E-state index in [1.165, 1.54) is 0 Å². The molecule has 1 aliphatic rings. The van der Waals surface area contributed by atoms with Gasteiger partial charge in [-0.05, 0) is 63.1 Å². The van der Waals surface area contributed by atoms with Crippen LogP contribution < -0.4 is 9.47 Å². The summed E-state index contributed by atoms with van der Waals surface area (Å²) in [5.41, 5.74) is 2.81. The van der Waals surface area contributed by atoms with Crippen LogP contribution in [-0.2, 0) is 11.3 Å². The van der Waals surface area contributed by atoms with E-state index in [9.17, 15) is 5.11 Å². The molecule has 3 aromatic rings. The van der Waals surface area contributed by atoms with Gasteiger partial charge >= 0.3 is 0 Å². The zero-order chi connectivity index (χ0) is 23.2. The molecule has 1 aliphatic heterocycles. The summed E-state index contributed by atoms with van der Waals surface area (Å²) < 4.78 is 19.4. The third kappa shape index (κ3) is 5.93. The average Bonchev–Trinajstić information content (AvgIpc) is 3.43. The minimum absolute atomic E-state index is 0.194. The number of rotatable bonds is 10. The highest BCUT2D eigenvalue weighted by molar-refractivity contribution is 5.44. The number of benzene rings is 2. The maximum absolute atomic E-state index is 10.1. The summed E-state index contributed by atoms with van der Waals surface area (Å²) in [6.07, 6.45) is 1.89. The van der Waals surface area contributed by atoms with Crippen molar-refractivity contribution in [3.05, 3.63) is 65.9 Å². The zero-order valence-electron chi connectivity index (χ0n) is 19.6. The van der Waals surface area contributed by atoms with Crippen LogP contribution in [0.4, 0.5) is 0 Å². The molecule has 0 aliphatic carbocycles. The van der Waals surface area contributed by atoms with Crippen LogP contribution in [0.1, 0.15) is 31.0 Å². The number of hydrogen-bond donors (Lipinski definition) is 1. The van der Waals surface area contributed by atoms with Gasteiger partial charge in [0.05, 0.1) is 36.3 Å². The Morgan fingerprint density at radius 1 is 1.15 bits per heavy atom. The maximum Gasteiger partial charge on any atom is 0.227 e. The summed E-state index contributed by atoms with van der Waals surface area (Å²) in [6, 6.07) is 17.5. The molecule has 2 aromatic carbocycles. The van der Waals surface area contributed by atoms with Crippen LogP contribution >= 0.6 is 0 Å². The Morgan fingerprint density at radius 2 is 1.88 bits per heavy atom. The van der Waals surface area contributed by atoms with Crippen LogP contribution in [0.2, 0.25) is 0 Å². The molecule has 2 atom stereocenters. The Hall–Kier alpha value is -2.87. The fourth-order valence-electron chi connectivity index (χ4n) is 4.20. The number of hydrogen-bond acceptors (Lipinski definition) is 6. The smallest absolute Gasteiger partial charge is 0.227 e. The van der Waals surface area contributed by atoms with E-state index in [0.29, 0.717) is 24.7 Å². The lowest BCUT2D eigenvalue weighted by atomic mass is 10.1. The summed E-state index contributed by atoms with van der Waals surface area (Å²) in [7, 11) is 1.65. The Bertz CT molecular complexity index is 1010. The number of aliphatic hydroxyl groups excluding tert-OH is 1. The van der Waals surface area contributed by atoms with Crippen molar-refractivity contribution < 1.29 is 19.3 Å². The van der Waals surface area contributed by atoms with E-state index in [4.69, 9.17) is 19.3 Å². The van der Waals surface area contributed by atoms with E-state index in [1.807, 2.05) is 73.1 Å². The van der Waals surface area contributed by atoms with E-state index in [1.54, 1.807) is 7.11 Å². The lowest BCUT2D eigenvalue weighted by molar-refractivity contribution is 0.0500. The number of aliphatic hydroxyl groups is 1. The molecule has 176 valence electrons. The summed E-state index contributed by atoms with van der Waals surface area (Å²) in [4.78, 5) is 2.24. The highest BCUT2D eigenvalue weighted by Gasteiger charge is 2.25. The molecule has 1 aromatic heterocycles. The van der Waals surface area contributed by atoms with Crippen LogP contribution in [0, 0.1) is 6.92 Å². The van der Waals surface area contributed by atoms with Gasteiger partial charge in [0.25, 0.3) is 0 Å². The molecule has 1 fully saturated rings. The summed E-state index contributed by atoms with van der Waals surface area (Å²) >= 11 is 0. The molecule has 0 unspecified atom stereocenters. The van der Waals surface area contributed by atoms with Crippen LogP contribution in [0.5, 0.6) is 17.4 Å². The third-order valence-corrected chi connectivity index (χ3v) is 5.80. The van der Waals surface area contributed by atoms with Crippen molar-refractivity contribution in [1.29, 1.82) is 0 Å². The van der Waals surface area contributed by atoms with Crippen molar-refractivity contribution in [2.75, 3.05) is 26.8 Å². The molecule has 1 N–H and O–H groups in total. The fourth-order valence-corrected chi connectivity index (χ4v) is 4.20. The van der Waals surface area contributed by atoms with E-state index < -0.39 is 6.10 Å². The van der Waals surface area contributed by atoms with Gasteiger partial charge in [-0.1, -0.05) is 18.2 Å². The minimum atomic E-state index is -0.443. The van der Waals surface area contributed by atoms with Crippen molar-refractivity contribution in [2.24, 2.45) is 0 Å². The number of aromatic nitrogens is 2. The van der Waals surface area contributed by atoms with Gasteiger partial charge < -0.3 is 19.3 Å². The molecule has 2 heterocycles. The van der Waals surface area contributed by atoms with E-state index in [2.05, 4.69) is 4.90 Å². The Labute approximate surface area is 195 Å². The number of para-hydroxylation sites is 1. The molecular formula is C26H33N3O4. The van der Waals surface area contributed by atoms with Gasteiger partial charge in [-0.15, -0.1) is 0 Å². The van der Waals surface area contributed by atoms with Crippen molar-refractivity contribution in [3.63, 3.8) is 0 Å². The highest BCUT2D eigenvalue weighted by Crippen LogP contribution is 2.32. The lowest BCUT2D eigenvalue weighted by Crippen LogP contribution is -2.36. The summed E-state index contributed by atoms with van der Waals surface area (Å²) in [5, 5.41) is 15.0. The first kappa shape index (κ1) is 23.3. The molecular weight excluding hydrogens is 418 g/mol. The van der Waals surface area contributed by atoms with Crippen LogP contribution in [0.3, 0.4) is 0 Å². The Kier molecular flexibility index (Phi) is 7.65. The van der Waals surface area contributed by atoms with Gasteiger partial charge in [0, 0.05) is 26.2 Å². The van der Waals surface area contributed by atoms with E-state index in [0.717, 1.165) is 48.7 Å². The molecule has 0 amide bonds. The first-order valence-corrected chi connectivity index (χ1v) is 11.5. The van der Waals surface area contributed by atoms with Crippen molar-refractivity contribution in [1.82, 2.24) is 14.7 Å². The number of methoxy groups -OCH3 is 1. The van der Waals surface area contributed by atoms with Gasteiger partial charge in [0.15, 0.2) is 0 Å². The maximum atomic E-state index is 10.1.